The van der Waals surface area contributed by atoms with Crippen molar-refractivity contribution in [3.8, 4) is 0 Å². The molecular weight excluding hydrogens is 362 g/mol. The predicted molar refractivity (Wildman–Crippen MR) is 87.2 cm³/mol. The average Bonchev–Trinajstić information content (AvgIpc) is 2.41. The maximum atomic E-state index is 11.9. The number of nitrogens with two attached hydrogens (primary N) is 1. The summed E-state index contributed by atoms with van der Waals surface area (Å²) in [6.07, 6.45) is 1.68. The molecule has 104 valence electrons. The molecule has 2 aromatic rings. The zero-order valence-electron chi connectivity index (χ0n) is 10.3. The number of nitrogen functional groups attached to an aromatic ring is 1. The smallest absolute Gasteiger partial charge is 0.234 e. The van der Waals surface area contributed by atoms with Gasteiger partial charge in [-0.05, 0) is 46.3 Å². The summed E-state index contributed by atoms with van der Waals surface area (Å²) < 4.78 is 0.865. The van der Waals surface area contributed by atoms with Crippen molar-refractivity contribution in [3.63, 3.8) is 0 Å². The van der Waals surface area contributed by atoms with Crippen LogP contribution in [0.25, 0.3) is 0 Å². The van der Waals surface area contributed by atoms with E-state index in [4.69, 9.17) is 17.3 Å². The number of halogens is 2. The van der Waals surface area contributed by atoms with Crippen LogP contribution < -0.4 is 11.1 Å². The van der Waals surface area contributed by atoms with E-state index in [0.717, 1.165) is 9.50 Å². The number of amides is 1. The van der Waals surface area contributed by atoms with Crippen LogP contribution in [0.2, 0.25) is 5.02 Å². The Labute approximate surface area is 134 Å². The van der Waals surface area contributed by atoms with Gasteiger partial charge in [0.05, 0.1) is 17.1 Å². The molecule has 0 saturated heterocycles. The number of hydrogen-bond donors (Lipinski definition) is 2. The first-order chi connectivity index (χ1) is 9.56. The number of aromatic nitrogens is 1. The van der Waals surface area contributed by atoms with Crippen molar-refractivity contribution in [1.29, 1.82) is 0 Å². The standard InChI is InChI=1S/C13H11BrClN3OS/c14-9-2-1-5-17-13(9)20-7-12(19)18-11-4-3-8(15)6-10(11)16/h1-6H,7,16H2,(H,18,19). The SMILES string of the molecule is Nc1cc(Cl)ccc1NC(=O)CSc1ncccc1Br. The lowest BCUT2D eigenvalue weighted by molar-refractivity contribution is -0.113. The van der Waals surface area contributed by atoms with Crippen LogP contribution in [0.4, 0.5) is 11.4 Å². The minimum absolute atomic E-state index is 0.151. The summed E-state index contributed by atoms with van der Waals surface area (Å²) in [5, 5.41) is 4.05. The van der Waals surface area contributed by atoms with Crippen LogP contribution >= 0.6 is 39.3 Å². The van der Waals surface area contributed by atoms with Gasteiger partial charge in [0.15, 0.2) is 0 Å². The van der Waals surface area contributed by atoms with E-state index >= 15 is 0 Å². The molecule has 0 unspecified atom stereocenters. The summed E-state index contributed by atoms with van der Waals surface area (Å²) in [6, 6.07) is 8.65. The molecule has 2 rings (SSSR count). The van der Waals surface area contributed by atoms with Gasteiger partial charge in [-0.2, -0.15) is 0 Å². The Morgan fingerprint density at radius 1 is 1.45 bits per heavy atom. The van der Waals surface area contributed by atoms with Gasteiger partial charge in [-0.3, -0.25) is 4.79 Å². The molecule has 0 aliphatic heterocycles. The number of thioether (sulfide) groups is 1. The van der Waals surface area contributed by atoms with Crippen molar-refractivity contribution in [2.24, 2.45) is 0 Å². The van der Waals surface area contributed by atoms with Crippen LogP contribution in [0.15, 0.2) is 46.0 Å². The molecule has 0 aliphatic carbocycles. The van der Waals surface area contributed by atoms with Gasteiger partial charge in [0.2, 0.25) is 5.91 Å². The highest BCUT2D eigenvalue weighted by atomic mass is 79.9. The molecule has 20 heavy (non-hydrogen) atoms. The van der Waals surface area contributed by atoms with Crippen molar-refractivity contribution >= 4 is 56.6 Å². The summed E-state index contributed by atoms with van der Waals surface area (Å²) in [5.41, 5.74) is 6.77. The molecule has 0 aliphatic rings. The Morgan fingerprint density at radius 2 is 2.25 bits per heavy atom. The van der Waals surface area contributed by atoms with E-state index in [0.29, 0.717) is 16.4 Å². The van der Waals surface area contributed by atoms with Gasteiger partial charge < -0.3 is 11.1 Å². The second-order valence-corrected chi connectivity index (χ2v) is 6.11. The zero-order valence-corrected chi connectivity index (χ0v) is 13.4. The zero-order chi connectivity index (χ0) is 14.5. The molecule has 0 saturated carbocycles. The first-order valence-electron chi connectivity index (χ1n) is 5.64. The fraction of sp³-hybridized carbons (Fsp3) is 0.0769. The Hall–Kier alpha value is -1.24. The number of benzene rings is 1. The minimum atomic E-state index is -0.151. The van der Waals surface area contributed by atoms with Crippen LogP contribution in [-0.4, -0.2) is 16.6 Å². The topological polar surface area (TPSA) is 68.0 Å². The van der Waals surface area contributed by atoms with Gasteiger partial charge in [-0.15, -0.1) is 0 Å². The van der Waals surface area contributed by atoms with E-state index in [-0.39, 0.29) is 11.7 Å². The van der Waals surface area contributed by atoms with Gasteiger partial charge >= 0.3 is 0 Å². The molecule has 1 heterocycles. The maximum absolute atomic E-state index is 11.9. The molecule has 1 amide bonds. The molecule has 7 heteroatoms. The maximum Gasteiger partial charge on any atom is 0.234 e. The van der Waals surface area contributed by atoms with Crippen LogP contribution in [-0.2, 0) is 4.79 Å². The molecule has 0 fully saturated rings. The number of pyridine rings is 1. The Morgan fingerprint density at radius 3 is 2.95 bits per heavy atom. The third kappa shape index (κ3) is 4.13. The predicted octanol–water partition coefficient (Wildman–Crippen LogP) is 3.81. The van der Waals surface area contributed by atoms with E-state index in [1.165, 1.54) is 11.8 Å². The van der Waals surface area contributed by atoms with Crippen LogP contribution in [0, 0.1) is 0 Å². The summed E-state index contributed by atoms with van der Waals surface area (Å²) >= 11 is 10.5. The summed E-state index contributed by atoms with van der Waals surface area (Å²) in [4.78, 5) is 16.1. The molecule has 0 spiro atoms. The molecule has 0 atom stereocenters. The van der Waals surface area contributed by atoms with Crippen LogP contribution in [0.5, 0.6) is 0 Å². The van der Waals surface area contributed by atoms with Gasteiger partial charge in [-0.1, -0.05) is 23.4 Å². The highest BCUT2D eigenvalue weighted by Gasteiger charge is 2.08. The number of nitrogens with one attached hydrogen (secondary N) is 1. The van der Waals surface area contributed by atoms with Gasteiger partial charge in [0.25, 0.3) is 0 Å². The van der Waals surface area contributed by atoms with E-state index in [1.807, 2.05) is 12.1 Å². The van der Waals surface area contributed by atoms with Crippen molar-refractivity contribution in [1.82, 2.24) is 4.98 Å². The van der Waals surface area contributed by atoms with E-state index in [1.54, 1.807) is 24.4 Å². The molecule has 0 radical (unpaired) electrons. The minimum Gasteiger partial charge on any atom is -0.397 e. The summed E-state index contributed by atoms with van der Waals surface area (Å²) in [7, 11) is 0. The number of carbonyl (C=O) groups excluding carboxylic acids is 1. The lowest BCUT2D eigenvalue weighted by Crippen LogP contribution is -2.15. The van der Waals surface area contributed by atoms with Crippen molar-refractivity contribution in [3.05, 3.63) is 46.0 Å². The van der Waals surface area contributed by atoms with E-state index in [9.17, 15) is 4.79 Å². The molecule has 4 nitrogen and oxygen atoms in total. The van der Waals surface area contributed by atoms with Crippen molar-refractivity contribution < 1.29 is 4.79 Å². The number of hydrogen-bond acceptors (Lipinski definition) is 4. The lowest BCUT2D eigenvalue weighted by Gasteiger charge is -2.08. The lowest BCUT2D eigenvalue weighted by atomic mass is 10.2. The van der Waals surface area contributed by atoms with Crippen molar-refractivity contribution in [2.75, 3.05) is 16.8 Å². The highest BCUT2D eigenvalue weighted by molar-refractivity contribution is 9.10. The molecule has 0 bridgehead atoms. The third-order valence-corrected chi connectivity index (χ3v) is 4.50. The normalized spacial score (nSPS) is 10.3. The van der Waals surface area contributed by atoms with Gasteiger partial charge in [-0.25, -0.2) is 4.98 Å². The fourth-order valence-corrected chi connectivity index (χ4v) is 2.91. The van der Waals surface area contributed by atoms with E-state index < -0.39 is 0 Å². The summed E-state index contributed by atoms with van der Waals surface area (Å²) in [6.45, 7) is 0. The third-order valence-electron chi connectivity index (χ3n) is 2.35. The van der Waals surface area contributed by atoms with E-state index in [2.05, 4.69) is 26.2 Å². The van der Waals surface area contributed by atoms with Crippen LogP contribution in [0.1, 0.15) is 0 Å². The van der Waals surface area contributed by atoms with Crippen molar-refractivity contribution in [2.45, 2.75) is 5.03 Å². The fourth-order valence-electron chi connectivity index (χ4n) is 1.45. The molecule has 1 aromatic carbocycles. The first-order valence-corrected chi connectivity index (χ1v) is 7.80. The Balaban J connectivity index is 1.94. The largest absolute Gasteiger partial charge is 0.397 e. The van der Waals surface area contributed by atoms with Gasteiger partial charge in [0.1, 0.15) is 5.03 Å². The molecule has 3 N–H and O–H groups in total. The first kappa shape index (κ1) is 15.2. The Bertz CT molecular complexity index is 639. The number of nitrogens with zero attached hydrogens (tertiary/aromatic N) is 1. The summed E-state index contributed by atoms with van der Waals surface area (Å²) in [5.74, 6) is 0.0964. The molecule has 1 aromatic heterocycles. The second kappa shape index (κ2) is 6.97. The number of anilines is 2. The number of rotatable bonds is 4. The highest BCUT2D eigenvalue weighted by Crippen LogP contribution is 2.26. The monoisotopic (exact) mass is 371 g/mol. The quantitative estimate of drug-likeness (QED) is 0.632. The second-order valence-electron chi connectivity index (χ2n) is 3.86. The average molecular weight is 373 g/mol. The molecular formula is C13H11BrClN3OS. The van der Waals surface area contributed by atoms with Crippen LogP contribution in [0.3, 0.4) is 0 Å². The number of carbonyl (C=O) groups is 1. The Kier molecular flexibility index (Phi) is 5.28. The van der Waals surface area contributed by atoms with Gasteiger partial charge in [0, 0.05) is 15.7 Å².